The molecule has 0 atom stereocenters. The number of thiophene rings is 1. The average Bonchev–Trinajstić information content (AvgIpc) is 3.13. The molecule has 0 aliphatic carbocycles. The van der Waals surface area contributed by atoms with Crippen LogP contribution in [0.15, 0.2) is 51.0 Å². The zero-order chi connectivity index (χ0) is 18.4. The first-order chi connectivity index (χ1) is 12.5. The zero-order valence-electron chi connectivity index (χ0n) is 14.7. The number of nitrogens with one attached hydrogen (secondary N) is 1. The predicted octanol–water partition coefficient (Wildman–Crippen LogP) is 6.30. The second-order valence-electron chi connectivity index (χ2n) is 6.58. The maximum Gasteiger partial charge on any atom is 0.266 e. The molecule has 0 aliphatic heterocycles. The van der Waals surface area contributed by atoms with Gasteiger partial charge in [-0.3, -0.25) is 4.79 Å². The van der Waals surface area contributed by atoms with Gasteiger partial charge >= 0.3 is 0 Å². The number of aromatic nitrogens is 1. The quantitative estimate of drug-likeness (QED) is 0.416. The van der Waals surface area contributed by atoms with Crippen LogP contribution in [0.5, 0.6) is 5.75 Å². The standard InChI is InChI=1S/C21H18BrNO2S/c1-11(2)12-4-6-13(7-5-12)17-16(25-3)10-15(22)19-18(17)14-8-9-26-20(14)21(24)23-19/h4-11H,1-3H3,(H,23,24). The van der Waals surface area contributed by atoms with Gasteiger partial charge in [-0.2, -0.15) is 0 Å². The number of H-pyrrole nitrogens is 1. The Morgan fingerprint density at radius 2 is 1.88 bits per heavy atom. The van der Waals surface area contributed by atoms with E-state index in [2.05, 4.69) is 59.0 Å². The van der Waals surface area contributed by atoms with Crippen LogP contribution in [0, 0.1) is 0 Å². The number of benzene rings is 2. The molecule has 26 heavy (non-hydrogen) atoms. The number of rotatable bonds is 3. The smallest absolute Gasteiger partial charge is 0.266 e. The molecule has 0 fully saturated rings. The van der Waals surface area contributed by atoms with E-state index in [9.17, 15) is 4.79 Å². The van der Waals surface area contributed by atoms with Crippen LogP contribution in [0.3, 0.4) is 0 Å². The second kappa shape index (κ2) is 6.56. The molecule has 4 rings (SSSR count). The summed E-state index contributed by atoms with van der Waals surface area (Å²) in [6.07, 6.45) is 0. The first-order valence-corrected chi connectivity index (χ1v) is 10.1. The Hall–Kier alpha value is -2.11. The number of ether oxygens (including phenoxy) is 1. The number of halogens is 1. The van der Waals surface area contributed by atoms with Crippen molar-refractivity contribution >= 4 is 48.3 Å². The van der Waals surface area contributed by atoms with Crippen molar-refractivity contribution in [1.29, 1.82) is 0 Å². The number of hydrogen-bond donors (Lipinski definition) is 1. The molecule has 0 saturated heterocycles. The lowest BCUT2D eigenvalue weighted by Gasteiger charge is -2.15. The van der Waals surface area contributed by atoms with Crippen LogP contribution in [0.4, 0.5) is 0 Å². The molecule has 2 aromatic carbocycles. The summed E-state index contributed by atoms with van der Waals surface area (Å²) in [4.78, 5) is 15.5. The molecular weight excluding hydrogens is 410 g/mol. The monoisotopic (exact) mass is 427 g/mol. The van der Waals surface area contributed by atoms with Crippen LogP contribution in [-0.4, -0.2) is 12.1 Å². The van der Waals surface area contributed by atoms with Gasteiger partial charge in [-0.25, -0.2) is 0 Å². The van der Waals surface area contributed by atoms with Crippen molar-refractivity contribution in [3.05, 3.63) is 62.2 Å². The highest BCUT2D eigenvalue weighted by Gasteiger charge is 2.18. The van der Waals surface area contributed by atoms with E-state index in [4.69, 9.17) is 4.74 Å². The van der Waals surface area contributed by atoms with Crippen LogP contribution < -0.4 is 10.3 Å². The fourth-order valence-corrected chi connectivity index (χ4v) is 4.65. The number of aromatic amines is 1. The van der Waals surface area contributed by atoms with E-state index in [1.807, 2.05) is 17.5 Å². The van der Waals surface area contributed by atoms with Gasteiger partial charge in [0, 0.05) is 20.8 Å². The van der Waals surface area contributed by atoms with Gasteiger partial charge in [0.15, 0.2) is 0 Å². The van der Waals surface area contributed by atoms with E-state index in [0.717, 1.165) is 42.3 Å². The first-order valence-electron chi connectivity index (χ1n) is 8.41. The molecule has 4 aromatic rings. The molecule has 0 saturated carbocycles. The van der Waals surface area contributed by atoms with Gasteiger partial charge in [0.2, 0.25) is 0 Å². The van der Waals surface area contributed by atoms with E-state index < -0.39 is 0 Å². The summed E-state index contributed by atoms with van der Waals surface area (Å²) in [5.74, 6) is 1.26. The molecule has 0 unspecified atom stereocenters. The van der Waals surface area contributed by atoms with Gasteiger partial charge < -0.3 is 9.72 Å². The lowest BCUT2D eigenvalue weighted by Crippen LogP contribution is -2.05. The number of fused-ring (bicyclic) bond motifs is 3. The van der Waals surface area contributed by atoms with Gasteiger partial charge in [0.05, 0.1) is 12.6 Å². The van der Waals surface area contributed by atoms with Crippen molar-refractivity contribution in [2.45, 2.75) is 19.8 Å². The van der Waals surface area contributed by atoms with Gasteiger partial charge in [-0.15, -0.1) is 11.3 Å². The minimum Gasteiger partial charge on any atom is -0.496 e. The van der Waals surface area contributed by atoms with Crippen molar-refractivity contribution < 1.29 is 4.74 Å². The number of methoxy groups -OCH3 is 1. The van der Waals surface area contributed by atoms with Crippen molar-refractivity contribution in [3.63, 3.8) is 0 Å². The maximum atomic E-state index is 12.4. The second-order valence-corrected chi connectivity index (χ2v) is 8.35. The van der Waals surface area contributed by atoms with Crippen molar-refractivity contribution in [2.75, 3.05) is 7.11 Å². The molecule has 0 bridgehead atoms. The summed E-state index contributed by atoms with van der Waals surface area (Å²) in [6.45, 7) is 4.37. The lowest BCUT2D eigenvalue weighted by atomic mass is 9.94. The molecule has 2 aromatic heterocycles. The van der Waals surface area contributed by atoms with Crippen LogP contribution in [-0.2, 0) is 0 Å². The van der Waals surface area contributed by atoms with Crippen LogP contribution in [0.25, 0.3) is 32.1 Å². The van der Waals surface area contributed by atoms with Crippen LogP contribution >= 0.6 is 27.3 Å². The third kappa shape index (κ3) is 2.66. The summed E-state index contributed by atoms with van der Waals surface area (Å²) in [7, 11) is 1.68. The average molecular weight is 428 g/mol. The Labute approximate surface area is 163 Å². The Bertz CT molecular complexity index is 1170. The SMILES string of the molecule is COc1cc(Br)c2[nH]c(=O)c3sccc3c2c1-c1ccc(C(C)C)cc1. The topological polar surface area (TPSA) is 42.1 Å². The molecule has 3 nitrogen and oxygen atoms in total. The Kier molecular flexibility index (Phi) is 4.37. The Morgan fingerprint density at radius 3 is 2.54 bits per heavy atom. The van der Waals surface area contributed by atoms with Crippen LogP contribution in [0.1, 0.15) is 25.3 Å². The Balaban J connectivity index is 2.14. The number of pyridine rings is 1. The third-order valence-electron chi connectivity index (χ3n) is 4.71. The highest BCUT2D eigenvalue weighted by Crippen LogP contribution is 2.43. The first kappa shape index (κ1) is 17.3. The fraction of sp³-hybridized carbons (Fsp3) is 0.190. The van der Waals surface area contributed by atoms with Gasteiger partial charge in [-0.1, -0.05) is 38.1 Å². The minimum absolute atomic E-state index is 0.0607. The Morgan fingerprint density at radius 1 is 1.15 bits per heavy atom. The van der Waals surface area contributed by atoms with Crippen LogP contribution in [0.2, 0.25) is 0 Å². The largest absolute Gasteiger partial charge is 0.496 e. The van der Waals surface area contributed by atoms with Gasteiger partial charge in [-0.05, 0) is 50.5 Å². The van der Waals surface area contributed by atoms with E-state index in [0.29, 0.717) is 5.92 Å². The van der Waals surface area contributed by atoms with Crippen molar-refractivity contribution in [2.24, 2.45) is 0 Å². The minimum atomic E-state index is -0.0607. The zero-order valence-corrected chi connectivity index (χ0v) is 17.1. The van der Waals surface area contributed by atoms with Crippen molar-refractivity contribution in [3.8, 4) is 16.9 Å². The van der Waals surface area contributed by atoms with E-state index >= 15 is 0 Å². The predicted molar refractivity (Wildman–Crippen MR) is 114 cm³/mol. The normalized spacial score (nSPS) is 11.6. The highest BCUT2D eigenvalue weighted by molar-refractivity contribution is 9.10. The molecule has 132 valence electrons. The molecule has 1 N–H and O–H groups in total. The summed E-state index contributed by atoms with van der Waals surface area (Å²) in [5, 5.41) is 3.92. The fourth-order valence-electron chi connectivity index (χ4n) is 3.35. The number of hydrogen-bond acceptors (Lipinski definition) is 3. The summed E-state index contributed by atoms with van der Waals surface area (Å²) < 4.78 is 7.25. The van der Waals surface area contributed by atoms with Gasteiger partial charge in [0.1, 0.15) is 10.4 Å². The molecule has 2 heterocycles. The van der Waals surface area contributed by atoms with Gasteiger partial charge in [0.25, 0.3) is 5.56 Å². The maximum absolute atomic E-state index is 12.4. The van der Waals surface area contributed by atoms with E-state index in [1.165, 1.54) is 16.9 Å². The van der Waals surface area contributed by atoms with Crippen molar-refractivity contribution in [1.82, 2.24) is 4.98 Å². The molecule has 5 heteroatoms. The summed E-state index contributed by atoms with van der Waals surface area (Å²) in [5.41, 5.74) is 4.10. The summed E-state index contributed by atoms with van der Waals surface area (Å²) >= 11 is 5.05. The lowest BCUT2D eigenvalue weighted by molar-refractivity contribution is 0.416. The summed E-state index contributed by atoms with van der Waals surface area (Å²) in [6, 6.07) is 12.5. The highest BCUT2D eigenvalue weighted by atomic mass is 79.9. The molecule has 0 radical (unpaired) electrons. The molecule has 0 amide bonds. The molecule has 0 spiro atoms. The van der Waals surface area contributed by atoms with E-state index in [1.54, 1.807) is 7.11 Å². The third-order valence-corrected chi connectivity index (χ3v) is 6.25. The molecular formula is C21H18BrNO2S. The van der Waals surface area contributed by atoms with E-state index in [-0.39, 0.29) is 5.56 Å². The molecule has 0 aliphatic rings.